The number of methoxy groups -OCH3 is 1. The van der Waals surface area contributed by atoms with Gasteiger partial charge in [0.2, 0.25) is 0 Å². The van der Waals surface area contributed by atoms with E-state index in [0.29, 0.717) is 0 Å². The normalized spacial score (nSPS) is 27.1. The maximum atomic E-state index is 6.70. The molecule has 0 saturated heterocycles. The smallest absolute Gasteiger partial charge is 0.119 e. The number of ether oxygens (including phenoxy) is 1. The highest BCUT2D eigenvalue weighted by atomic mass is 16.5. The summed E-state index contributed by atoms with van der Waals surface area (Å²) in [6.07, 6.45) is 9.92. The number of hydrogen-bond donors (Lipinski definition) is 1. The van der Waals surface area contributed by atoms with Gasteiger partial charge in [0.25, 0.3) is 0 Å². The van der Waals surface area contributed by atoms with Gasteiger partial charge in [-0.1, -0.05) is 44.7 Å². The third kappa shape index (κ3) is 4.24. The van der Waals surface area contributed by atoms with Crippen molar-refractivity contribution in [3.8, 4) is 5.75 Å². The van der Waals surface area contributed by atoms with Gasteiger partial charge in [0.15, 0.2) is 0 Å². The van der Waals surface area contributed by atoms with E-state index in [1.54, 1.807) is 7.11 Å². The van der Waals surface area contributed by atoms with Crippen LogP contribution in [0.25, 0.3) is 0 Å². The molecule has 112 valence electrons. The lowest BCUT2D eigenvalue weighted by Gasteiger charge is -2.28. The van der Waals surface area contributed by atoms with Crippen molar-refractivity contribution >= 4 is 0 Å². The van der Waals surface area contributed by atoms with Crippen molar-refractivity contribution in [3.05, 3.63) is 29.8 Å². The summed E-state index contributed by atoms with van der Waals surface area (Å²) in [6, 6.07) is 8.36. The molecular formula is C18H29NO. The van der Waals surface area contributed by atoms with E-state index in [0.717, 1.165) is 30.9 Å². The highest BCUT2D eigenvalue weighted by molar-refractivity contribution is 5.29. The highest BCUT2D eigenvalue weighted by Gasteiger charge is 2.29. The van der Waals surface area contributed by atoms with Gasteiger partial charge in [-0.3, -0.25) is 0 Å². The van der Waals surface area contributed by atoms with Crippen LogP contribution >= 0.6 is 0 Å². The van der Waals surface area contributed by atoms with Gasteiger partial charge < -0.3 is 10.5 Å². The molecule has 2 unspecified atom stereocenters. The number of rotatable bonds is 5. The molecule has 0 aliphatic heterocycles. The second-order valence-corrected chi connectivity index (χ2v) is 6.48. The van der Waals surface area contributed by atoms with Crippen LogP contribution in [0.4, 0.5) is 0 Å². The lowest BCUT2D eigenvalue weighted by Crippen LogP contribution is -2.41. The Kier molecular flexibility index (Phi) is 5.47. The minimum atomic E-state index is -0.0190. The largest absolute Gasteiger partial charge is 0.497 e. The van der Waals surface area contributed by atoms with Gasteiger partial charge in [0.05, 0.1) is 7.11 Å². The zero-order valence-electron chi connectivity index (χ0n) is 13.0. The molecule has 0 aromatic heterocycles. The van der Waals surface area contributed by atoms with Crippen molar-refractivity contribution < 1.29 is 4.74 Å². The fraction of sp³-hybridized carbons (Fsp3) is 0.667. The summed E-state index contributed by atoms with van der Waals surface area (Å²) >= 11 is 0. The fourth-order valence-electron chi connectivity index (χ4n) is 3.57. The van der Waals surface area contributed by atoms with E-state index in [4.69, 9.17) is 10.5 Å². The fourth-order valence-corrected chi connectivity index (χ4v) is 3.57. The number of benzene rings is 1. The van der Waals surface area contributed by atoms with Crippen LogP contribution in [0.1, 0.15) is 57.4 Å². The Morgan fingerprint density at radius 3 is 2.90 bits per heavy atom. The molecule has 0 bridgehead atoms. The number of hydrogen-bond acceptors (Lipinski definition) is 2. The van der Waals surface area contributed by atoms with Gasteiger partial charge in [0.1, 0.15) is 5.75 Å². The molecule has 1 fully saturated rings. The Hall–Kier alpha value is -1.02. The van der Waals surface area contributed by atoms with Gasteiger partial charge >= 0.3 is 0 Å². The van der Waals surface area contributed by atoms with E-state index in [9.17, 15) is 0 Å². The molecule has 1 aliphatic carbocycles. The minimum absolute atomic E-state index is 0.0190. The molecule has 1 saturated carbocycles. The van der Waals surface area contributed by atoms with E-state index >= 15 is 0 Å². The molecule has 2 nitrogen and oxygen atoms in total. The SMILES string of the molecule is CCCC1CCCC(N)(Cc2cccc(OC)c2)CC1. The van der Waals surface area contributed by atoms with Crippen LogP contribution in [0.5, 0.6) is 5.75 Å². The van der Waals surface area contributed by atoms with E-state index in [1.807, 2.05) is 6.07 Å². The Bertz CT molecular complexity index is 418. The zero-order valence-corrected chi connectivity index (χ0v) is 13.0. The first-order valence-electron chi connectivity index (χ1n) is 8.07. The molecule has 0 heterocycles. The van der Waals surface area contributed by atoms with E-state index in [2.05, 4.69) is 25.1 Å². The van der Waals surface area contributed by atoms with Crippen molar-refractivity contribution in [1.82, 2.24) is 0 Å². The third-order valence-corrected chi connectivity index (χ3v) is 4.72. The molecule has 1 aromatic carbocycles. The minimum Gasteiger partial charge on any atom is -0.497 e. The average molecular weight is 275 g/mol. The second-order valence-electron chi connectivity index (χ2n) is 6.48. The quantitative estimate of drug-likeness (QED) is 0.812. The average Bonchev–Trinajstić information content (AvgIpc) is 2.62. The van der Waals surface area contributed by atoms with E-state index < -0.39 is 0 Å². The van der Waals surface area contributed by atoms with Crippen molar-refractivity contribution in [2.45, 2.75) is 63.8 Å². The van der Waals surface area contributed by atoms with Crippen LogP contribution in [-0.2, 0) is 6.42 Å². The van der Waals surface area contributed by atoms with Crippen LogP contribution < -0.4 is 10.5 Å². The van der Waals surface area contributed by atoms with Crippen LogP contribution in [0.2, 0.25) is 0 Å². The van der Waals surface area contributed by atoms with E-state index in [-0.39, 0.29) is 5.54 Å². The molecule has 2 N–H and O–H groups in total. The Morgan fingerprint density at radius 2 is 2.15 bits per heavy atom. The van der Waals surface area contributed by atoms with E-state index in [1.165, 1.54) is 37.7 Å². The summed E-state index contributed by atoms with van der Waals surface area (Å²) in [6.45, 7) is 2.29. The van der Waals surface area contributed by atoms with Crippen molar-refractivity contribution in [2.75, 3.05) is 7.11 Å². The van der Waals surface area contributed by atoms with Gasteiger partial charge in [-0.15, -0.1) is 0 Å². The molecule has 0 spiro atoms. The van der Waals surface area contributed by atoms with Gasteiger partial charge in [0, 0.05) is 5.54 Å². The predicted octanol–water partition coefficient (Wildman–Crippen LogP) is 4.32. The molecule has 2 atom stereocenters. The lowest BCUT2D eigenvalue weighted by molar-refractivity contribution is 0.354. The van der Waals surface area contributed by atoms with Crippen molar-refractivity contribution in [2.24, 2.45) is 11.7 Å². The maximum absolute atomic E-state index is 6.70. The van der Waals surface area contributed by atoms with Crippen LogP contribution in [0, 0.1) is 5.92 Å². The first-order chi connectivity index (χ1) is 9.65. The maximum Gasteiger partial charge on any atom is 0.119 e. The van der Waals surface area contributed by atoms with Gasteiger partial charge in [-0.05, 0) is 49.3 Å². The zero-order chi connectivity index (χ0) is 14.4. The number of nitrogens with two attached hydrogens (primary N) is 1. The lowest BCUT2D eigenvalue weighted by atomic mass is 9.84. The van der Waals surface area contributed by atoms with Crippen molar-refractivity contribution in [1.29, 1.82) is 0 Å². The summed E-state index contributed by atoms with van der Waals surface area (Å²) in [5, 5.41) is 0. The first kappa shape index (κ1) is 15.4. The summed E-state index contributed by atoms with van der Waals surface area (Å²) in [5.41, 5.74) is 7.99. The Labute approximate surface area is 123 Å². The summed E-state index contributed by atoms with van der Waals surface area (Å²) < 4.78 is 5.31. The summed E-state index contributed by atoms with van der Waals surface area (Å²) in [5.74, 6) is 1.83. The summed E-state index contributed by atoms with van der Waals surface area (Å²) in [4.78, 5) is 0. The molecule has 0 radical (unpaired) electrons. The van der Waals surface area contributed by atoms with Gasteiger partial charge in [-0.25, -0.2) is 0 Å². The topological polar surface area (TPSA) is 35.2 Å². The van der Waals surface area contributed by atoms with Crippen LogP contribution in [0.3, 0.4) is 0 Å². The standard InChI is InChI=1S/C18H29NO/c1-3-6-15-8-5-11-18(19,12-10-15)14-16-7-4-9-17(13-16)20-2/h4,7,9,13,15H,3,5-6,8,10-12,14,19H2,1-2H3. The van der Waals surface area contributed by atoms with Gasteiger partial charge in [-0.2, -0.15) is 0 Å². The molecule has 1 aliphatic rings. The second kappa shape index (κ2) is 7.12. The first-order valence-corrected chi connectivity index (χ1v) is 8.07. The molecular weight excluding hydrogens is 246 g/mol. The predicted molar refractivity (Wildman–Crippen MR) is 85.1 cm³/mol. The van der Waals surface area contributed by atoms with Crippen LogP contribution in [0.15, 0.2) is 24.3 Å². The molecule has 0 amide bonds. The van der Waals surface area contributed by atoms with Crippen molar-refractivity contribution in [3.63, 3.8) is 0 Å². The highest BCUT2D eigenvalue weighted by Crippen LogP contribution is 2.33. The molecule has 2 heteroatoms. The monoisotopic (exact) mass is 275 g/mol. The molecule has 20 heavy (non-hydrogen) atoms. The summed E-state index contributed by atoms with van der Waals surface area (Å²) in [7, 11) is 1.72. The Balaban J connectivity index is 1.99. The molecule has 1 aromatic rings. The van der Waals surface area contributed by atoms with Crippen LogP contribution in [-0.4, -0.2) is 12.6 Å². The third-order valence-electron chi connectivity index (χ3n) is 4.72. The molecule has 2 rings (SSSR count). The Morgan fingerprint density at radius 1 is 1.30 bits per heavy atom.